The maximum Gasteiger partial charge on any atom is 0.264 e. The molecule has 3 aromatic carbocycles. The molecule has 0 aliphatic carbocycles. The highest BCUT2D eigenvalue weighted by molar-refractivity contribution is 7.92. The van der Waals surface area contributed by atoms with Crippen molar-refractivity contribution in [3.05, 3.63) is 90.0 Å². The van der Waals surface area contributed by atoms with Crippen LogP contribution in [0.15, 0.2) is 83.8 Å². The van der Waals surface area contributed by atoms with Crippen molar-refractivity contribution >= 4 is 33.2 Å². The van der Waals surface area contributed by atoms with Gasteiger partial charge < -0.3 is 10.2 Å². The van der Waals surface area contributed by atoms with Crippen LogP contribution in [0, 0.1) is 0 Å². The van der Waals surface area contributed by atoms with Gasteiger partial charge in [0.15, 0.2) is 0 Å². The van der Waals surface area contributed by atoms with Crippen LogP contribution in [0.3, 0.4) is 0 Å². The fourth-order valence-corrected chi connectivity index (χ4v) is 6.10. The van der Waals surface area contributed by atoms with E-state index < -0.39 is 22.5 Å². The highest BCUT2D eigenvalue weighted by Gasteiger charge is 2.29. The van der Waals surface area contributed by atoms with Crippen LogP contribution in [0.1, 0.15) is 48.5 Å². The summed E-state index contributed by atoms with van der Waals surface area (Å²) in [6.45, 7) is 2.90. The first-order valence-electron chi connectivity index (χ1n) is 12.8. The Hall–Kier alpha value is -3.65. The summed E-state index contributed by atoms with van der Waals surface area (Å²) in [6, 6.07) is 22.2. The van der Waals surface area contributed by atoms with Gasteiger partial charge in [0.05, 0.1) is 21.8 Å². The van der Waals surface area contributed by atoms with Crippen LogP contribution in [0.5, 0.6) is 0 Å². The zero-order chi connectivity index (χ0) is 26.3. The second kappa shape index (κ2) is 12.1. The van der Waals surface area contributed by atoms with Gasteiger partial charge in [-0.25, -0.2) is 8.42 Å². The Morgan fingerprint density at radius 3 is 2.16 bits per heavy atom. The minimum absolute atomic E-state index is 0.102. The van der Waals surface area contributed by atoms with E-state index in [9.17, 15) is 18.0 Å². The van der Waals surface area contributed by atoms with Crippen molar-refractivity contribution in [2.24, 2.45) is 0 Å². The summed E-state index contributed by atoms with van der Waals surface area (Å²) in [5, 5.41) is 2.81. The third kappa shape index (κ3) is 6.20. The van der Waals surface area contributed by atoms with Crippen molar-refractivity contribution in [3.63, 3.8) is 0 Å². The molecule has 8 heteroatoms. The van der Waals surface area contributed by atoms with Crippen LogP contribution >= 0.6 is 0 Å². The maximum atomic E-state index is 13.7. The van der Waals surface area contributed by atoms with E-state index in [-0.39, 0.29) is 10.8 Å². The number of carbonyl (C=O) groups excluding carboxylic acids is 2. The van der Waals surface area contributed by atoms with E-state index in [1.165, 1.54) is 12.1 Å². The average molecular weight is 520 g/mol. The van der Waals surface area contributed by atoms with Crippen LogP contribution < -0.4 is 9.62 Å². The van der Waals surface area contributed by atoms with E-state index >= 15 is 0 Å². The fourth-order valence-electron chi connectivity index (χ4n) is 4.62. The number of anilines is 2. The molecule has 2 amide bonds. The van der Waals surface area contributed by atoms with Crippen molar-refractivity contribution in [2.75, 3.05) is 29.3 Å². The minimum atomic E-state index is -4.02. The lowest BCUT2D eigenvalue weighted by atomic mass is 10.1. The quantitative estimate of drug-likeness (QED) is 0.449. The maximum absolute atomic E-state index is 13.7. The van der Waals surface area contributed by atoms with Gasteiger partial charge in [0.2, 0.25) is 5.91 Å². The molecule has 0 radical (unpaired) electrons. The van der Waals surface area contributed by atoms with Crippen molar-refractivity contribution < 1.29 is 18.0 Å². The molecule has 7 nitrogen and oxygen atoms in total. The minimum Gasteiger partial charge on any atom is -0.339 e. The van der Waals surface area contributed by atoms with Gasteiger partial charge in [-0.05, 0) is 55.2 Å². The van der Waals surface area contributed by atoms with E-state index in [1.54, 1.807) is 54.6 Å². The number of nitrogens with one attached hydrogen (secondary N) is 1. The molecule has 1 aliphatic rings. The summed E-state index contributed by atoms with van der Waals surface area (Å²) in [5.41, 5.74) is 2.05. The van der Waals surface area contributed by atoms with E-state index in [1.807, 2.05) is 24.0 Å². The first-order chi connectivity index (χ1) is 17.9. The summed E-state index contributed by atoms with van der Waals surface area (Å²) in [7, 11) is -4.02. The van der Waals surface area contributed by atoms with E-state index in [2.05, 4.69) is 5.32 Å². The lowest BCUT2D eigenvalue weighted by Gasteiger charge is -2.26. The summed E-state index contributed by atoms with van der Waals surface area (Å²) >= 11 is 0. The lowest BCUT2D eigenvalue weighted by Crippen LogP contribution is -2.39. The van der Waals surface area contributed by atoms with Crippen molar-refractivity contribution in [1.82, 2.24) is 4.90 Å². The smallest absolute Gasteiger partial charge is 0.264 e. The molecule has 1 heterocycles. The Morgan fingerprint density at radius 1 is 0.838 bits per heavy atom. The molecule has 1 N–H and O–H groups in total. The monoisotopic (exact) mass is 519 g/mol. The predicted octanol–water partition coefficient (Wildman–Crippen LogP) is 5.10. The number of nitrogens with zero attached hydrogens (tertiary/aromatic N) is 2. The number of rotatable bonds is 8. The second-order valence-corrected chi connectivity index (χ2v) is 11.0. The van der Waals surface area contributed by atoms with Crippen LogP contribution in [0.25, 0.3) is 0 Å². The number of hydrogen-bond acceptors (Lipinski definition) is 4. The number of para-hydroxylation sites is 2. The number of likely N-dealkylation sites (tertiary alicyclic amines) is 1. The fraction of sp³-hybridized carbons (Fsp3) is 0.310. The molecule has 194 valence electrons. The topological polar surface area (TPSA) is 86.8 Å². The Morgan fingerprint density at radius 2 is 1.46 bits per heavy atom. The van der Waals surface area contributed by atoms with Gasteiger partial charge in [0.25, 0.3) is 15.9 Å². The van der Waals surface area contributed by atoms with E-state index in [0.717, 1.165) is 35.6 Å². The summed E-state index contributed by atoms with van der Waals surface area (Å²) < 4.78 is 28.5. The Labute approximate surface area is 219 Å². The summed E-state index contributed by atoms with van der Waals surface area (Å²) in [6.07, 6.45) is 4.73. The Bertz CT molecular complexity index is 1330. The molecule has 0 spiro atoms. The zero-order valence-corrected chi connectivity index (χ0v) is 21.9. The van der Waals surface area contributed by atoms with Gasteiger partial charge in [-0.3, -0.25) is 13.9 Å². The number of benzene rings is 3. The zero-order valence-electron chi connectivity index (χ0n) is 21.1. The van der Waals surface area contributed by atoms with E-state index in [0.29, 0.717) is 36.4 Å². The first-order valence-corrected chi connectivity index (χ1v) is 14.2. The highest BCUT2D eigenvalue weighted by Crippen LogP contribution is 2.28. The highest BCUT2D eigenvalue weighted by atomic mass is 32.2. The van der Waals surface area contributed by atoms with Crippen molar-refractivity contribution in [3.8, 4) is 0 Å². The number of aryl methyl sites for hydroxylation is 1. The van der Waals surface area contributed by atoms with E-state index in [4.69, 9.17) is 0 Å². The molecule has 1 fully saturated rings. The lowest BCUT2D eigenvalue weighted by molar-refractivity contribution is -0.114. The SMILES string of the molecule is CCc1ccccc1N(CC(=O)Nc1ccccc1C(=O)N1CCCCCC1)S(=O)(=O)c1ccccc1. The molecule has 1 aliphatic heterocycles. The van der Waals surface area contributed by atoms with Gasteiger partial charge in [-0.1, -0.05) is 68.3 Å². The number of carbonyl (C=O) groups is 2. The normalized spacial score (nSPS) is 14.0. The third-order valence-electron chi connectivity index (χ3n) is 6.58. The van der Waals surface area contributed by atoms with Gasteiger partial charge in [-0.15, -0.1) is 0 Å². The molecule has 3 aromatic rings. The summed E-state index contributed by atoms with van der Waals surface area (Å²) in [4.78, 5) is 28.6. The molecule has 0 saturated carbocycles. The molecular formula is C29H33N3O4S. The Balaban J connectivity index is 1.63. The first kappa shape index (κ1) is 26.4. The van der Waals surface area contributed by atoms with Crippen LogP contribution in [-0.2, 0) is 21.2 Å². The van der Waals surface area contributed by atoms with Gasteiger partial charge in [-0.2, -0.15) is 0 Å². The predicted molar refractivity (Wildman–Crippen MR) is 146 cm³/mol. The van der Waals surface area contributed by atoms with Crippen LogP contribution in [0.4, 0.5) is 11.4 Å². The Kier molecular flexibility index (Phi) is 8.61. The molecule has 37 heavy (non-hydrogen) atoms. The number of amides is 2. The molecule has 4 rings (SSSR count). The summed E-state index contributed by atoms with van der Waals surface area (Å²) in [5.74, 6) is -0.649. The van der Waals surface area contributed by atoms with Crippen LogP contribution in [-0.4, -0.2) is 44.8 Å². The molecule has 0 unspecified atom stereocenters. The van der Waals surface area contributed by atoms with Crippen LogP contribution in [0.2, 0.25) is 0 Å². The largest absolute Gasteiger partial charge is 0.339 e. The molecule has 0 bridgehead atoms. The van der Waals surface area contributed by atoms with Crippen molar-refractivity contribution in [2.45, 2.75) is 43.9 Å². The van der Waals surface area contributed by atoms with Crippen molar-refractivity contribution in [1.29, 1.82) is 0 Å². The second-order valence-electron chi connectivity index (χ2n) is 9.11. The van der Waals surface area contributed by atoms with Gasteiger partial charge >= 0.3 is 0 Å². The third-order valence-corrected chi connectivity index (χ3v) is 8.36. The molecule has 0 aromatic heterocycles. The molecule has 0 atom stereocenters. The van der Waals surface area contributed by atoms with Gasteiger partial charge in [0, 0.05) is 13.1 Å². The number of sulfonamides is 1. The molecule has 1 saturated heterocycles. The average Bonchev–Trinajstić information content (AvgIpc) is 3.22. The molecular weight excluding hydrogens is 486 g/mol. The standard InChI is InChI=1S/C29H33N3O4S/c1-2-23-14-8-11-19-27(23)32(37(35,36)24-15-6-5-7-16-24)22-28(33)30-26-18-10-9-17-25(26)29(34)31-20-12-3-4-13-21-31/h5-11,14-19H,2-4,12-13,20-22H2,1H3,(H,30,33). The number of hydrogen-bond donors (Lipinski definition) is 1. The van der Waals surface area contributed by atoms with Gasteiger partial charge in [0.1, 0.15) is 6.54 Å².